The van der Waals surface area contributed by atoms with Gasteiger partial charge in [0, 0.05) is 6.20 Å². The number of pyridine rings is 1. The van der Waals surface area contributed by atoms with Gasteiger partial charge in [-0.2, -0.15) is 13.2 Å². The van der Waals surface area contributed by atoms with Gasteiger partial charge in [0.1, 0.15) is 0 Å². The molecule has 1 heterocycles. The standard InChI is InChI=1S/C10H11F3N2O/c1-6(7-4-2-3-5-15-7)8(14)9(16)10(11,12)13/h2-5,9,16H,14H2,1H3/b8-6-. The Morgan fingerprint density at radius 2 is 2.06 bits per heavy atom. The number of nitrogens with two attached hydrogens (primary N) is 1. The minimum Gasteiger partial charge on any atom is -0.399 e. The molecule has 0 aliphatic heterocycles. The Bertz CT molecular complexity index is 387. The minimum absolute atomic E-state index is 0.116. The first-order valence-corrected chi connectivity index (χ1v) is 4.46. The summed E-state index contributed by atoms with van der Waals surface area (Å²) in [6, 6.07) is 4.78. The van der Waals surface area contributed by atoms with E-state index in [4.69, 9.17) is 10.8 Å². The molecule has 88 valence electrons. The van der Waals surface area contributed by atoms with Crippen LogP contribution in [0.5, 0.6) is 0 Å². The average molecular weight is 232 g/mol. The Morgan fingerprint density at radius 3 is 2.50 bits per heavy atom. The van der Waals surface area contributed by atoms with E-state index in [0.29, 0.717) is 5.69 Å². The van der Waals surface area contributed by atoms with Crippen molar-refractivity contribution in [2.24, 2.45) is 5.73 Å². The van der Waals surface area contributed by atoms with Gasteiger partial charge >= 0.3 is 6.18 Å². The minimum atomic E-state index is -4.76. The topological polar surface area (TPSA) is 59.1 Å². The second-order valence-electron chi connectivity index (χ2n) is 3.24. The van der Waals surface area contributed by atoms with Crippen molar-refractivity contribution in [3.05, 3.63) is 35.8 Å². The van der Waals surface area contributed by atoms with Crippen LogP contribution in [0.2, 0.25) is 0 Å². The lowest BCUT2D eigenvalue weighted by atomic mass is 10.1. The number of alkyl halides is 3. The number of halogens is 3. The Morgan fingerprint density at radius 1 is 1.44 bits per heavy atom. The molecule has 1 aromatic rings. The van der Waals surface area contributed by atoms with E-state index in [1.165, 1.54) is 19.2 Å². The first-order valence-electron chi connectivity index (χ1n) is 4.46. The van der Waals surface area contributed by atoms with Crippen molar-refractivity contribution >= 4 is 5.57 Å². The van der Waals surface area contributed by atoms with Gasteiger partial charge < -0.3 is 10.8 Å². The van der Waals surface area contributed by atoms with Gasteiger partial charge in [-0.25, -0.2) is 0 Å². The van der Waals surface area contributed by atoms with Gasteiger partial charge in [0.05, 0.1) is 11.4 Å². The van der Waals surface area contributed by atoms with Gasteiger partial charge in [-0.05, 0) is 24.6 Å². The molecule has 0 bridgehead atoms. The molecular formula is C10H11F3N2O. The molecule has 16 heavy (non-hydrogen) atoms. The fraction of sp³-hybridized carbons (Fsp3) is 0.300. The summed E-state index contributed by atoms with van der Waals surface area (Å²) >= 11 is 0. The van der Waals surface area contributed by atoms with Gasteiger partial charge in [-0.3, -0.25) is 4.98 Å². The molecule has 3 nitrogen and oxygen atoms in total. The summed E-state index contributed by atoms with van der Waals surface area (Å²) in [6.45, 7) is 1.38. The Balaban J connectivity index is 3.06. The number of aliphatic hydroxyl groups is 1. The van der Waals surface area contributed by atoms with Crippen molar-refractivity contribution in [2.75, 3.05) is 0 Å². The van der Waals surface area contributed by atoms with Crippen LogP contribution < -0.4 is 5.73 Å². The maximum atomic E-state index is 12.2. The van der Waals surface area contributed by atoms with Crippen LogP contribution in [0.1, 0.15) is 12.6 Å². The molecular weight excluding hydrogens is 221 g/mol. The maximum Gasteiger partial charge on any atom is 0.420 e. The molecule has 0 fully saturated rings. The Kier molecular flexibility index (Phi) is 3.54. The molecule has 0 aliphatic rings. The number of allylic oxidation sites excluding steroid dienone is 1. The van der Waals surface area contributed by atoms with Crippen molar-refractivity contribution in [2.45, 2.75) is 19.2 Å². The van der Waals surface area contributed by atoms with E-state index in [1.54, 1.807) is 12.1 Å². The van der Waals surface area contributed by atoms with Crippen molar-refractivity contribution in [3.63, 3.8) is 0 Å². The Hall–Kier alpha value is -1.56. The quantitative estimate of drug-likeness (QED) is 0.815. The summed E-state index contributed by atoms with van der Waals surface area (Å²) in [5, 5.41) is 8.95. The highest BCUT2D eigenvalue weighted by atomic mass is 19.4. The highest BCUT2D eigenvalue weighted by molar-refractivity contribution is 5.64. The lowest BCUT2D eigenvalue weighted by molar-refractivity contribution is -0.191. The monoisotopic (exact) mass is 232 g/mol. The molecule has 0 amide bonds. The highest BCUT2D eigenvalue weighted by Gasteiger charge is 2.40. The molecule has 0 aromatic carbocycles. The molecule has 1 rings (SSSR count). The predicted octanol–water partition coefficient (Wildman–Crippen LogP) is 1.69. The van der Waals surface area contributed by atoms with Gasteiger partial charge in [0.25, 0.3) is 0 Å². The van der Waals surface area contributed by atoms with Crippen LogP contribution in [0, 0.1) is 0 Å². The third kappa shape index (κ3) is 2.73. The largest absolute Gasteiger partial charge is 0.420 e. The van der Waals surface area contributed by atoms with Crippen LogP contribution in [0.25, 0.3) is 5.57 Å². The number of aromatic nitrogens is 1. The molecule has 0 saturated carbocycles. The van der Waals surface area contributed by atoms with Gasteiger partial charge in [-0.15, -0.1) is 0 Å². The normalized spacial score (nSPS) is 15.6. The SMILES string of the molecule is C/C(=C(/N)C(O)C(F)(F)F)c1ccccn1. The van der Waals surface area contributed by atoms with Crippen LogP contribution in [-0.2, 0) is 0 Å². The third-order valence-corrected chi connectivity index (χ3v) is 2.09. The molecule has 1 atom stereocenters. The summed E-state index contributed by atoms with van der Waals surface area (Å²) in [6.07, 6.45) is -5.99. The fourth-order valence-corrected chi connectivity index (χ4v) is 1.11. The molecule has 1 unspecified atom stereocenters. The van der Waals surface area contributed by atoms with Crippen LogP contribution in [-0.4, -0.2) is 22.4 Å². The first kappa shape index (κ1) is 12.5. The zero-order valence-corrected chi connectivity index (χ0v) is 8.49. The van der Waals surface area contributed by atoms with E-state index >= 15 is 0 Å². The highest BCUT2D eigenvalue weighted by Crippen LogP contribution is 2.26. The molecule has 0 radical (unpaired) electrons. The Labute approximate surface area is 90.4 Å². The van der Waals surface area contributed by atoms with Crippen molar-refractivity contribution in [3.8, 4) is 0 Å². The van der Waals surface area contributed by atoms with Crippen LogP contribution in [0.4, 0.5) is 13.2 Å². The third-order valence-electron chi connectivity index (χ3n) is 2.09. The number of nitrogens with zero attached hydrogens (tertiary/aromatic N) is 1. The summed E-state index contributed by atoms with van der Waals surface area (Å²) in [5.41, 5.74) is 5.04. The number of hydrogen-bond donors (Lipinski definition) is 2. The van der Waals surface area contributed by atoms with Gasteiger partial charge in [-0.1, -0.05) is 6.07 Å². The summed E-state index contributed by atoms with van der Waals surface area (Å²) < 4.78 is 36.6. The zero-order chi connectivity index (χ0) is 12.3. The van der Waals surface area contributed by atoms with Gasteiger partial charge in [0.2, 0.25) is 0 Å². The first-order chi connectivity index (χ1) is 7.34. The smallest absolute Gasteiger partial charge is 0.399 e. The molecule has 6 heteroatoms. The molecule has 0 spiro atoms. The summed E-state index contributed by atoms with van der Waals surface area (Å²) in [5.74, 6) is 0. The fourth-order valence-electron chi connectivity index (χ4n) is 1.11. The zero-order valence-electron chi connectivity index (χ0n) is 8.49. The van der Waals surface area contributed by atoms with E-state index in [1.807, 2.05) is 0 Å². The van der Waals surface area contributed by atoms with Crippen molar-refractivity contribution in [1.29, 1.82) is 0 Å². The molecule has 3 N–H and O–H groups in total. The number of aliphatic hydroxyl groups excluding tert-OH is 1. The van der Waals surface area contributed by atoms with Crippen LogP contribution in [0.3, 0.4) is 0 Å². The molecule has 0 saturated heterocycles. The summed E-state index contributed by atoms with van der Waals surface area (Å²) in [4.78, 5) is 3.85. The van der Waals surface area contributed by atoms with E-state index < -0.39 is 18.0 Å². The maximum absolute atomic E-state index is 12.2. The predicted molar refractivity (Wildman–Crippen MR) is 53.1 cm³/mol. The van der Waals surface area contributed by atoms with Crippen LogP contribution >= 0.6 is 0 Å². The van der Waals surface area contributed by atoms with Crippen LogP contribution in [0.15, 0.2) is 30.1 Å². The van der Waals surface area contributed by atoms with Crippen molar-refractivity contribution < 1.29 is 18.3 Å². The second-order valence-corrected chi connectivity index (χ2v) is 3.24. The molecule has 1 aromatic heterocycles. The average Bonchev–Trinajstić information content (AvgIpc) is 2.26. The van der Waals surface area contributed by atoms with Crippen molar-refractivity contribution in [1.82, 2.24) is 4.98 Å². The number of hydrogen-bond acceptors (Lipinski definition) is 3. The lowest BCUT2D eigenvalue weighted by Gasteiger charge is -2.17. The van der Waals surface area contributed by atoms with E-state index in [0.717, 1.165) is 0 Å². The summed E-state index contributed by atoms with van der Waals surface area (Å²) in [7, 11) is 0. The molecule has 0 aliphatic carbocycles. The van der Waals surface area contributed by atoms with E-state index in [9.17, 15) is 13.2 Å². The van der Waals surface area contributed by atoms with E-state index in [-0.39, 0.29) is 5.57 Å². The van der Waals surface area contributed by atoms with E-state index in [2.05, 4.69) is 4.98 Å². The lowest BCUT2D eigenvalue weighted by Crippen LogP contribution is -2.34. The van der Waals surface area contributed by atoms with Gasteiger partial charge in [0.15, 0.2) is 6.10 Å². The number of rotatable bonds is 2. The second kappa shape index (κ2) is 4.52.